The quantitative estimate of drug-likeness (QED) is 0.614. The van der Waals surface area contributed by atoms with E-state index in [9.17, 15) is 9.30 Å². The standard InChI is InChI=1S/C7H6FNO2/c1-11-7-3-2-5(8)4-6(7)9-10/h2-4H,1H3. The average Bonchev–Trinajstić information content (AvgIpc) is 2.04. The second-order valence-electron chi connectivity index (χ2n) is 1.91. The molecular formula is C7H6FNO2. The summed E-state index contributed by atoms with van der Waals surface area (Å²) in [5.41, 5.74) is -0.0208. The van der Waals surface area contributed by atoms with Crippen LogP contribution in [-0.2, 0) is 0 Å². The van der Waals surface area contributed by atoms with Crippen LogP contribution in [0.3, 0.4) is 0 Å². The van der Waals surface area contributed by atoms with Crippen LogP contribution in [0.4, 0.5) is 10.1 Å². The van der Waals surface area contributed by atoms with Crippen molar-refractivity contribution in [3.05, 3.63) is 28.9 Å². The molecule has 0 aliphatic rings. The molecule has 0 aliphatic carbocycles. The second-order valence-corrected chi connectivity index (χ2v) is 1.91. The van der Waals surface area contributed by atoms with Crippen LogP contribution in [0, 0.1) is 10.7 Å². The molecule has 1 rings (SSSR count). The lowest BCUT2D eigenvalue weighted by Crippen LogP contribution is -1.83. The lowest BCUT2D eigenvalue weighted by atomic mass is 10.3. The van der Waals surface area contributed by atoms with Crippen molar-refractivity contribution >= 4 is 5.69 Å². The third-order valence-corrected chi connectivity index (χ3v) is 1.24. The van der Waals surface area contributed by atoms with Gasteiger partial charge >= 0.3 is 0 Å². The molecule has 0 saturated carbocycles. The van der Waals surface area contributed by atoms with Crippen molar-refractivity contribution < 1.29 is 9.13 Å². The van der Waals surface area contributed by atoms with E-state index in [1.165, 1.54) is 19.2 Å². The van der Waals surface area contributed by atoms with E-state index >= 15 is 0 Å². The van der Waals surface area contributed by atoms with E-state index in [0.717, 1.165) is 6.07 Å². The highest BCUT2D eigenvalue weighted by Gasteiger charge is 2.02. The minimum Gasteiger partial charge on any atom is -0.494 e. The Morgan fingerprint density at radius 3 is 2.82 bits per heavy atom. The molecule has 0 atom stereocenters. The molecule has 1 aromatic rings. The average molecular weight is 155 g/mol. The number of methoxy groups -OCH3 is 1. The Hall–Kier alpha value is -1.45. The Balaban J connectivity index is 3.16. The van der Waals surface area contributed by atoms with Gasteiger partial charge in [-0.2, -0.15) is 0 Å². The molecule has 3 nitrogen and oxygen atoms in total. The van der Waals surface area contributed by atoms with Crippen LogP contribution in [0.2, 0.25) is 0 Å². The lowest BCUT2D eigenvalue weighted by molar-refractivity contribution is 0.415. The van der Waals surface area contributed by atoms with E-state index in [1.807, 2.05) is 0 Å². The molecule has 0 heterocycles. The van der Waals surface area contributed by atoms with Crippen molar-refractivity contribution in [3.63, 3.8) is 0 Å². The van der Waals surface area contributed by atoms with Crippen LogP contribution in [-0.4, -0.2) is 7.11 Å². The number of benzene rings is 1. The molecule has 0 radical (unpaired) electrons. The van der Waals surface area contributed by atoms with Gasteiger partial charge in [0.25, 0.3) is 0 Å². The number of halogens is 1. The summed E-state index contributed by atoms with van der Waals surface area (Å²) in [6.07, 6.45) is 0. The molecule has 0 saturated heterocycles. The smallest absolute Gasteiger partial charge is 0.152 e. The predicted molar refractivity (Wildman–Crippen MR) is 38.4 cm³/mol. The van der Waals surface area contributed by atoms with Crippen LogP contribution in [0.5, 0.6) is 5.75 Å². The Bertz CT molecular complexity index is 275. The van der Waals surface area contributed by atoms with Crippen LogP contribution < -0.4 is 4.74 Å². The van der Waals surface area contributed by atoms with Crippen LogP contribution in [0.25, 0.3) is 0 Å². The third-order valence-electron chi connectivity index (χ3n) is 1.24. The first-order valence-corrected chi connectivity index (χ1v) is 2.95. The largest absolute Gasteiger partial charge is 0.494 e. The SMILES string of the molecule is COc1ccc(F)cc1N=O. The summed E-state index contributed by atoms with van der Waals surface area (Å²) >= 11 is 0. The fourth-order valence-electron chi connectivity index (χ4n) is 0.734. The maximum absolute atomic E-state index is 12.4. The van der Waals surface area contributed by atoms with Crippen molar-refractivity contribution in [2.24, 2.45) is 5.18 Å². The zero-order chi connectivity index (χ0) is 8.27. The first-order chi connectivity index (χ1) is 5.27. The molecule has 0 aromatic heterocycles. The van der Waals surface area contributed by atoms with E-state index in [2.05, 4.69) is 5.18 Å². The van der Waals surface area contributed by atoms with Crippen molar-refractivity contribution in [2.45, 2.75) is 0 Å². The van der Waals surface area contributed by atoms with Crippen LogP contribution >= 0.6 is 0 Å². The lowest BCUT2D eigenvalue weighted by Gasteiger charge is -1.99. The summed E-state index contributed by atoms with van der Waals surface area (Å²) in [5, 5.41) is 2.59. The molecule has 11 heavy (non-hydrogen) atoms. The van der Waals surface area contributed by atoms with Gasteiger partial charge in [-0.15, -0.1) is 4.91 Å². The molecular weight excluding hydrogens is 149 g/mol. The summed E-state index contributed by atoms with van der Waals surface area (Å²) < 4.78 is 17.1. The monoisotopic (exact) mass is 155 g/mol. The van der Waals surface area contributed by atoms with Gasteiger partial charge in [0.1, 0.15) is 11.6 Å². The van der Waals surface area contributed by atoms with E-state index in [-0.39, 0.29) is 11.4 Å². The number of hydrogen-bond donors (Lipinski definition) is 0. The predicted octanol–water partition coefficient (Wildman–Crippen LogP) is 2.23. The van der Waals surface area contributed by atoms with E-state index in [1.54, 1.807) is 0 Å². The highest BCUT2D eigenvalue weighted by molar-refractivity contribution is 5.51. The van der Waals surface area contributed by atoms with Gasteiger partial charge < -0.3 is 4.74 Å². The molecule has 0 aliphatic heterocycles. The molecule has 0 amide bonds. The Morgan fingerprint density at radius 1 is 1.55 bits per heavy atom. The maximum atomic E-state index is 12.4. The van der Waals surface area contributed by atoms with Gasteiger partial charge in [-0.25, -0.2) is 4.39 Å². The number of hydrogen-bond acceptors (Lipinski definition) is 3. The minimum atomic E-state index is -0.500. The van der Waals surface area contributed by atoms with Crippen LogP contribution in [0.15, 0.2) is 23.4 Å². The number of nitroso groups, excluding NO2 is 1. The fraction of sp³-hybridized carbons (Fsp3) is 0.143. The summed E-state index contributed by atoms with van der Waals surface area (Å²) in [5.74, 6) is -0.221. The number of ether oxygens (including phenoxy) is 1. The number of rotatable bonds is 2. The highest BCUT2D eigenvalue weighted by atomic mass is 19.1. The van der Waals surface area contributed by atoms with E-state index < -0.39 is 5.82 Å². The summed E-state index contributed by atoms with van der Waals surface area (Å²) in [6, 6.07) is 3.57. The van der Waals surface area contributed by atoms with Crippen molar-refractivity contribution in [3.8, 4) is 5.75 Å². The number of nitrogens with zero attached hydrogens (tertiary/aromatic N) is 1. The van der Waals surface area contributed by atoms with Crippen LogP contribution in [0.1, 0.15) is 0 Å². The fourth-order valence-corrected chi connectivity index (χ4v) is 0.734. The summed E-state index contributed by atoms with van der Waals surface area (Å²) in [6.45, 7) is 0. The zero-order valence-electron chi connectivity index (χ0n) is 5.87. The van der Waals surface area contributed by atoms with Crippen molar-refractivity contribution in [1.82, 2.24) is 0 Å². The molecule has 0 spiro atoms. The highest BCUT2D eigenvalue weighted by Crippen LogP contribution is 2.26. The van der Waals surface area contributed by atoms with E-state index in [4.69, 9.17) is 4.74 Å². The van der Waals surface area contributed by atoms with Gasteiger partial charge in [0.15, 0.2) is 5.69 Å². The Morgan fingerprint density at radius 2 is 2.27 bits per heavy atom. The molecule has 1 aromatic carbocycles. The topological polar surface area (TPSA) is 38.7 Å². The van der Waals surface area contributed by atoms with Gasteiger partial charge in [-0.05, 0) is 17.3 Å². The molecule has 0 bridgehead atoms. The van der Waals surface area contributed by atoms with Gasteiger partial charge in [0.05, 0.1) is 7.11 Å². The Labute approximate surface area is 62.8 Å². The van der Waals surface area contributed by atoms with E-state index in [0.29, 0.717) is 0 Å². The second kappa shape index (κ2) is 3.09. The zero-order valence-corrected chi connectivity index (χ0v) is 5.87. The molecule has 58 valence electrons. The molecule has 0 unspecified atom stereocenters. The Kier molecular flexibility index (Phi) is 2.15. The first-order valence-electron chi connectivity index (χ1n) is 2.95. The normalized spacial score (nSPS) is 9.27. The van der Waals surface area contributed by atoms with Gasteiger partial charge in [-0.3, -0.25) is 0 Å². The maximum Gasteiger partial charge on any atom is 0.152 e. The van der Waals surface area contributed by atoms with Crippen molar-refractivity contribution in [2.75, 3.05) is 7.11 Å². The minimum absolute atomic E-state index is 0.0208. The molecule has 0 fully saturated rings. The van der Waals surface area contributed by atoms with Crippen molar-refractivity contribution in [1.29, 1.82) is 0 Å². The van der Waals surface area contributed by atoms with Gasteiger partial charge in [-0.1, -0.05) is 0 Å². The molecule has 4 heteroatoms. The van der Waals surface area contributed by atoms with Gasteiger partial charge in [0, 0.05) is 6.07 Å². The third kappa shape index (κ3) is 1.52. The van der Waals surface area contributed by atoms with Gasteiger partial charge in [0.2, 0.25) is 0 Å². The first kappa shape index (κ1) is 7.65. The molecule has 0 N–H and O–H groups in total. The summed E-state index contributed by atoms with van der Waals surface area (Å²) in [7, 11) is 1.39. The summed E-state index contributed by atoms with van der Waals surface area (Å²) in [4.78, 5) is 10.0.